The molecule has 0 saturated heterocycles. The van der Waals surface area contributed by atoms with Crippen LogP contribution < -0.4 is 16.0 Å². The molecular formula is C14H13N5O2. The number of rotatable bonds is 4. The van der Waals surface area contributed by atoms with Gasteiger partial charge in [-0.25, -0.2) is 0 Å². The van der Waals surface area contributed by atoms with Gasteiger partial charge in [-0.3, -0.25) is 9.59 Å². The van der Waals surface area contributed by atoms with Gasteiger partial charge in [-0.15, -0.1) is 0 Å². The first-order valence-corrected chi connectivity index (χ1v) is 5.91. The lowest BCUT2D eigenvalue weighted by atomic mass is 10.1. The molecule has 0 atom stereocenters. The minimum atomic E-state index is -0.353. The molecule has 7 heteroatoms. The summed E-state index contributed by atoms with van der Waals surface area (Å²) in [7, 11) is 2.96. The maximum absolute atomic E-state index is 11.7. The van der Waals surface area contributed by atoms with E-state index in [9.17, 15) is 9.59 Å². The van der Waals surface area contributed by atoms with Gasteiger partial charge in [0.2, 0.25) is 0 Å². The molecular weight excluding hydrogens is 270 g/mol. The van der Waals surface area contributed by atoms with Crippen LogP contribution in [0.2, 0.25) is 0 Å². The Morgan fingerprint density at radius 1 is 1.00 bits per heavy atom. The first kappa shape index (κ1) is 15.7. The maximum atomic E-state index is 11.7. The van der Waals surface area contributed by atoms with Crippen LogP contribution in [0, 0.1) is 22.7 Å². The zero-order valence-electron chi connectivity index (χ0n) is 11.5. The van der Waals surface area contributed by atoms with Crippen LogP contribution in [-0.4, -0.2) is 25.9 Å². The third kappa shape index (κ3) is 4.08. The van der Waals surface area contributed by atoms with Crippen LogP contribution in [0.25, 0.3) is 0 Å². The van der Waals surface area contributed by atoms with E-state index in [4.69, 9.17) is 10.5 Å². The van der Waals surface area contributed by atoms with Crippen molar-refractivity contribution in [2.24, 2.45) is 0 Å². The van der Waals surface area contributed by atoms with E-state index in [-0.39, 0.29) is 28.5 Å². The molecule has 0 aliphatic carbocycles. The van der Waals surface area contributed by atoms with E-state index < -0.39 is 0 Å². The van der Waals surface area contributed by atoms with Crippen molar-refractivity contribution in [2.45, 2.75) is 0 Å². The average Bonchev–Trinajstić information content (AvgIpc) is 2.53. The van der Waals surface area contributed by atoms with Crippen LogP contribution in [-0.2, 0) is 0 Å². The minimum absolute atomic E-state index is 0.123. The highest BCUT2D eigenvalue weighted by Crippen LogP contribution is 2.16. The van der Waals surface area contributed by atoms with Crippen molar-refractivity contribution >= 4 is 17.5 Å². The van der Waals surface area contributed by atoms with Gasteiger partial charge in [-0.2, -0.15) is 10.5 Å². The number of carbonyl (C=O) groups is 2. The molecule has 0 aliphatic rings. The Balaban J connectivity index is 3.23. The fraction of sp³-hybridized carbons (Fsp3) is 0.143. The van der Waals surface area contributed by atoms with Crippen LogP contribution >= 0.6 is 0 Å². The molecule has 3 N–H and O–H groups in total. The van der Waals surface area contributed by atoms with Crippen molar-refractivity contribution in [3.8, 4) is 12.1 Å². The summed E-state index contributed by atoms with van der Waals surface area (Å²) in [5.74, 6) is -0.706. The number of amides is 2. The van der Waals surface area contributed by atoms with Crippen LogP contribution in [0.5, 0.6) is 0 Å². The second kappa shape index (κ2) is 7.31. The highest BCUT2D eigenvalue weighted by molar-refractivity contribution is 6.01. The topological polar surface area (TPSA) is 118 Å². The first-order chi connectivity index (χ1) is 10.0. The number of hydrogen-bond acceptors (Lipinski definition) is 5. The number of nitrogens with one attached hydrogen (secondary N) is 3. The third-order valence-electron chi connectivity index (χ3n) is 2.54. The quantitative estimate of drug-likeness (QED) is 0.705. The summed E-state index contributed by atoms with van der Waals surface area (Å²) in [6, 6.07) is 7.86. The Morgan fingerprint density at radius 2 is 1.48 bits per heavy atom. The molecule has 0 aromatic heterocycles. The standard InChI is InChI=1S/C14H13N5O2/c1-17-13(20)10-3-11(14(21)18-2)5-12(4-10)19-8-9(6-15)7-16/h3-5,8,19H,1-2H3,(H,17,20)(H,18,21). The van der Waals surface area contributed by atoms with E-state index in [0.717, 1.165) is 0 Å². The lowest BCUT2D eigenvalue weighted by molar-refractivity contribution is 0.0962. The molecule has 106 valence electrons. The van der Waals surface area contributed by atoms with Gasteiger partial charge >= 0.3 is 0 Å². The van der Waals surface area contributed by atoms with Crippen LogP contribution in [0.4, 0.5) is 5.69 Å². The van der Waals surface area contributed by atoms with Gasteiger partial charge < -0.3 is 16.0 Å². The normalized spacial score (nSPS) is 8.76. The molecule has 1 aromatic rings. The zero-order valence-corrected chi connectivity index (χ0v) is 11.5. The number of nitrogens with zero attached hydrogens (tertiary/aromatic N) is 2. The zero-order chi connectivity index (χ0) is 15.8. The average molecular weight is 283 g/mol. The van der Waals surface area contributed by atoms with E-state index in [2.05, 4.69) is 16.0 Å². The number of benzene rings is 1. The number of carbonyl (C=O) groups excluding carboxylic acids is 2. The maximum Gasteiger partial charge on any atom is 0.251 e. The largest absolute Gasteiger partial charge is 0.360 e. The summed E-state index contributed by atoms with van der Waals surface area (Å²) < 4.78 is 0. The highest BCUT2D eigenvalue weighted by atomic mass is 16.2. The summed E-state index contributed by atoms with van der Waals surface area (Å²) in [5.41, 5.74) is 0.856. The van der Waals surface area contributed by atoms with Crippen LogP contribution in [0.15, 0.2) is 30.0 Å². The molecule has 1 rings (SSSR count). The van der Waals surface area contributed by atoms with E-state index in [1.165, 1.54) is 38.5 Å². The molecule has 0 aliphatic heterocycles. The third-order valence-corrected chi connectivity index (χ3v) is 2.54. The summed E-state index contributed by atoms with van der Waals surface area (Å²) in [4.78, 5) is 23.4. The second-order valence-electron chi connectivity index (χ2n) is 3.88. The fourth-order valence-electron chi connectivity index (χ4n) is 1.51. The predicted octanol–water partition coefficient (Wildman–Crippen LogP) is 0.749. The molecule has 0 fully saturated rings. The molecule has 0 radical (unpaired) electrons. The Morgan fingerprint density at radius 3 is 1.86 bits per heavy atom. The monoisotopic (exact) mass is 283 g/mol. The van der Waals surface area contributed by atoms with Gasteiger partial charge in [0.25, 0.3) is 11.8 Å². The molecule has 0 unspecified atom stereocenters. The van der Waals surface area contributed by atoms with Crippen LogP contribution in [0.3, 0.4) is 0 Å². The van der Waals surface area contributed by atoms with Gasteiger partial charge in [-0.05, 0) is 18.2 Å². The summed E-state index contributed by atoms with van der Waals surface area (Å²) in [6.45, 7) is 0. The molecule has 7 nitrogen and oxygen atoms in total. The Hall–Kier alpha value is -3.32. The van der Waals surface area contributed by atoms with E-state index in [1.54, 1.807) is 12.1 Å². The summed E-state index contributed by atoms with van der Waals surface area (Å²) in [5, 5.41) is 25.0. The fourth-order valence-corrected chi connectivity index (χ4v) is 1.51. The first-order valence-electron chi connectivity index (χ1n) is 5.91. The summed E-state index contributed by atoms with van der Waals surface area (Å²) >= 11 is 0. The van der Waals surface area contributed by atoms with Crippen molar-refractivity contribution < 1.29 is 9.59 Å². The Bertz CT molecular complexity index is 629. The van der Waals surface area contributed by atoms with Crippen LogP contribution in [0.1, 0.15) is 20.7 Å². The van der Waals surface area contributed by atoms with Gasteiger partial charge in [0, 0.05) is 37.1 Å². The molecule has 0 heterocycles. The number of allylic oxidation sites excluding steroid dienone is 1. The second-order valence-corrected chi connectivity index (χ2v) is 3.88. The van der Waals surface area contributed by atoms with E-state index in [0.29, 0.717) is 5.69 Å². The van der Waals surface area contributed by atoms with Crippen molar-refractivity contribution in [3.63, 3.8) is 0 Å². The van der Waals surface area contributed by atoms with Gasteiger partial charge in [-0.1, -0.05) is 0 Å². The lowest BCUT2D eigenvalue weighted by Crippen LogP contribution is -2.21. The van der Waals surface area contributed by atoms with Crippen molar-refractivity contribution in [1.82, 2.24) is 10.6 Å². The molecule has 0 spiro atoms. The molecule has 0 bridgehead atoms. The SMILES string of the molecule is CNC(=O)c1cc(NC=C(C#N)C#N)cc(C(=O)NC)c1. The van der Waals surface area contributed by atoms with E-state index >= 15 is 0 Å². The minimum Gasteiger partial charge on any atom is -0.360 e. The smallest absolute Gasteiger partial charge is 0.251 e. The van der Waals surface area contributed by atoms with Crippen molar-refractivity contribution in [3.05, 3.63) is 41.1 Å². The molecule has 21 heavy (non-hydrogen) atoms. The number of nitriles is 2. The Kier molecular flexibility index (Phi) is 5.48. The van der Waals surface area contributed by atoms with Gasteiger partial charge in [0.15, 0.2) is 0 Å². The van der Waals surface area contributed by atoms with Gasteiger partial charge in [0.1, 0.15) is 17.7 Å². The van der Waals surface area contributed by atoms with Crippen molar-refractivity contribution in [1.29, 1.82) is 10.5 Å². The highest BCUT2D eigenvalue weighted by Gasteiger charge is 2.11. The Labute approximate surface area is 121 Å². The molecule has 0 saturated carbocycles. The lowest BCUT2D eigenvalue weighted by Gasteiger charge is -2.08. The van der Waals surface area contributed by atoms with E-state index in [1.807, 2.05) is 0 Å². The molecule has 1 aromatic carbocycles. The number of anilines is 1. The van der Waals surface area contributed by atoms with Crippen molar-refractivity contribution in [2.75, 3.05) is 19.4 Å². The summed E-state index contributed by atoms with van der Waals surface area (Å²) in [6.07, 6.45) is 1.20. The molecule has 2 amide bonds. The predicted molar refractivity (Wildman–Crippen MR) is 76.2 cm³/mol. The van der Waals surface area contributed by atoms with Gasteiger partial charge in [0.05, 0.1) is 0 Å². The number of hydrogen-bond donors (Lipinski definition) is 3.